The van der Waals surface area contributed by atoms with Gasteiger partial charge in [0.1, 0.15) is 18.3 Å². The van der Waals surface area contributed by atoms with Crippen molar-refractivity contribution >= 4 is 5.97 Å². The van der Waals surface area contributed by atoms with Gasteiger partial charge in [0.25, 0.3) is 0 Å². The SMILES string of the molecule is CCCCCCCCCCO[C@@H]1O[C@H]([C@H](O)C(=O)O)[C@H](O)[C@H]1O. The van der Waals surface area contributed by atoms with E-state index in [0.717, 1.165) is 19.3 Å². The molecule has 0 unspecified atom stereocenters. The molecule has 0 aromatic carbocycles. The van der Waals surface area contributed by atoms with Gasteiger partial charge in [-0.3, -0.25) is 0 Å². The van der Waals surface area contributed by atoms with Gasteiger partial charge >= 0.3 is 5.97 Å². The molecule has 0 aromatic rings. The number of aliphatic carboxylic acids is 1. The number of carboxylic acids is 1. The zero-order valence-corrected chi connectivity index (χ0v) is 13.8. The van der Waals surface area contributed by atoms with Crippen molar-refractivity contribution in [1.82, 2.24) is 0 Å². The zero-order chi connectivity index (χ0) is 17.2. The van der Waals surface area contributed by atoms with Crippen LogP contribution in [0.15, 0.2) is 0 Å². The van der Waals surface area contributed by atoms with Gasteiger partial charge in [0.15, 0.2) is 12.4 Å². The summed E-state index contributed by atoms with van der Waals surface area (Å²) in [6.07, 6.45) is 1.98. The lowest BCUT2D eigenvalue weighted by Gasteiger charge is -2.17. The average molecular weight is 334 g/mol. The van der Waals surface area contributed by atoms with Crippen molar-refractivity contribution in [3.05, 3.63) is 0 Å². The zero-order valence-electron chi connectivity index (χ0n) is 13.8. The Morgan fingerprint density at radius 1 is 1.04 bits per heavy atom. The highest BCUT2D eigenvalue weighted by atomic mass is 16.7. The Bertz CT molecular complexity index is 336. The summed E-state index contributed by atoms with van der Waals surface area (Å²) >= 11 is 0. The summed E-state index contributed by atoms with van der Waals surface area (Å²) < 4.78 is 10.5. The smallest absolute Gasteiger partial charge is 0.335 e. The molecule has 0 radical (unpaired) electrons. The van der Waals surface area contributed by atoms with Crippen molar-refractivity contribution in [2.75, 3.05) is 6.61 Å². The third kappa shape index (κ3) is 6.73. The van der Waals surface area contributed by atoms with Crippen molar-refractivity contribution in [3.63, 3.8) is 0 Å². The van der Waals surface area contributed by atoms with E-state index in [1.54, 1.807) is 0 Å². The molecule has 7 nitrogen and oxygen atoms in total. The molecular weight excluding hydrogens is 304 g/mol. The predicted molar refractivity (Wildman–Crippen MR) is 82.9 cm³/mol. The van der Waals surface area contributed by atoms with Crippen molar-refractivity contribution < 1.29 is 34.7 Å². The Morgan fingerprint density at radius 3 is 2.17 bits per heavy atom. The second-order valence-corrected chi connectivity index (χ2v) is 6.08. The first-order valence-electron chi connectivity index (χ1n) is 8.53. The number of carbonyl (C=O) groups is 1. The maximum atomic E-state index is 10.7. The lowest BCUT2D eigenvalue weighted by molar-refractivity contribution is -0.186. The molecule has 1 aliphatic rings. The molecule has 0 bridgehead atoms. The summed E-state index contributed by atoms with van der Waals surface area (Å²) in [5.74, 6) is -1.51. The highest BCUT2D eigenvalue weighted by Crippen LogP contribution is 2.25. The highest BCUT2D eigenvalue weighted by Gasteiger charge is 2.48. The first-order valence-corrected chi connectivity index (χ1v) is 8.53. The van der Waals surface area contributed by atoms with E-state index in [2.05, 4.69) is 6.92 Å². The van der Waals surface area contributed by atoms with Gasteiger partial charge in [-0.2, -0.15) is 0 Å². The van der Waals surface area contributed by atoms with Crippen LogP contribution >= 0.6 is 0 Å². The fourth-order valence-electron chi connectivity index (χ4n) is 2.65. The molecule has 1 aliphatic heterocycles. The second-order valence-electron chi connectivity index (χ2n) is 6.08. The number of rotatable bonds is 12. The lowest BCUT2D eigenvalue weighted by atomic mass is 10.1. The largest absolute Gasteiger partial charge is 0.479 e. The Labute approximate surface area is 137 Å². The minimum absolute atomic E-state index is 0.360. The van der Waals surface area contributed by atoms with Gasteiger partial charge in [-0.05, 0) is 6.42 Å². The summed E-state index contributed by atoms with van der Waals surface area (Å²) in [4.78, 5) is 10.7. The van der Waals surface area contributed by atoms with Gasteiger partial charge in [-0.1, -0.05) is 51.9 Å². The molecule has 136 valence electrons. The van der Waals surface area contributed by atoms with Crippen molar-refractivity contribution in [3.8, 4) is 0 Å². The van der Waals surface area contributed by atoms with Crippen LogP contribution in [0.5, 0.6) is 0 Å². The monoisotopic (exact) mass is 334 g/mol. The first-order chi connectivity index (χ1) is 11.0. The Balaban J connectivity index is 2.14. The number of hydrogen-bond acceptors (Lipinski definition) is 6. The Kier molecular flexibility index (Phi) is 9.66. The fraction of sp³-hybridized carbons (Fsp3) is 0.938. The normalized spacial score (nSPS) is 28.9. The van der Waals surface area contributed by atoms with Gasteiger partial charge in [0.05, 0.1) is 0 Å². The predicted octanol–water partition coefficient (Wildman–Crippen LogP) is 1.04. The van der Waals surface area contributed by atoms with Crippen LogP contribution in [0.2, 0.25) is 0 Å². The van der Waals surface area contributed by atoms with E-state index in [1.807, 2.05) is 0 Å². The van der Waals surface area contributed by atoms with E-state index in [0.29, 0.717) is 6.61 Å². The first kappa shape index (κ1) is 20.3. The van der Waals surface area contributed by atoms with Crippen LogP contribution in [0.3, 0.4) is 0 Å². The fourth-order valence-corrected chi connectivity index (χ4v) is 2.65. The minimum atomic E-state index is -1.89. The van der Waals surface area contributed by atoms with E-state index in [4.69, 9.17) is 14.6 Å². The Hall–Kier alpha value is -0.730. The van der Waals surface area contributed by atoms with Crippen molar-refractivity contribution in [2.45, 2.75) is 89.0 Å². The topological polar surface area (TPSA) is 116 Å². The number of aliphatic hydroxyl groups is 3. The standard InChI is InChI=1S/C16H30O7/c1-2-3-4-5-6-7-8-9-10-22-16-12(18)11(17)14(23-16)13(19)15(20)21/h11-14,16-19H,2-10H2,1H3,(H,20,21)/t11-,12-,13+,14+,16-/m1/s1. The molecular formula is C16H30O7. The molecule has 0 aromatic heterocycles. The summed E-state index contributed by atoms with van der Waals surface area (Å²) in [6, 6.07) is 0. The van der Waals surface area contributed by atoms with Gasteiger partial charge in [-0.15, -0.1) is 0 Å². The van der Waals surface area contributed by atoms with Gasteiger partial charge < -0.3 is 29.9 Å². The van der Waals surface area contributed by atoms with Crippen LogP contribution in [-0.2, 0) is 14.3 Å². The maximum absolute atomic E-state index is 10.7. The molecule has 1 rings (SSSR count). The van der Waals surface area contributed by atoms with Crippen LogP contribution in [0.25, 0.3) is 0 Å². The van der Waals surface area contributed by atoms with Crippen LogP contribution < -0.4 is 0 Å². The summed E-state index contributed by atoms with van der Waals surface area (Å²) in [6.45, 7) is 2.55. The summed E-state index contributed by atoms with van der Waals surface area (Å²) in [7, 11) is 0. The van der Waals surface area contributed by atoms with Gasteiger partial charge in [0.2, 0.25) is 0 Å². The van der Waals surface area contributed by atoms with Crippen LogP contribution in [-0.4, -0.2) is 63.7 Å². The minimum Gasteiger partial charge on any atom is -0.479 e. The molecule has 0 spiro atoms. The second kappa shape index (κ2) is 10.9. The number of ether oxygens (including phenoxy) is 2. The number of aliphatic hydroxyl groups excluding tert-OH is 3. The van der Waals surface area contributed by atoms with E-state index < -0.39 is 36.7 Å². The molecule has 4 N–H and O–H groups in total. The summed E-state index contributed by atoms with van der Waals surface area (Å²) in [5.41, 5.74) is 0. The molecule has 23 heavy (non-hydrogen) atoms. The molecule has 1 saturated heterocycles. The number of carboxylic acid groups (broad SMARTS) is 1. The van der Waals surface area contributed by atoms with Crippen molar-refractivity contribution in [2.24, 2.45) is 0 Å². The third-order valence-corrected chi connectivity index (χ3v) is 4.10. The van der Waals surface area contributed by atoms with Gasteiger partial charge in [-0.25, -0.2) is 4.79 Å². The molecule has 1 fully saturated rings. The molecule has 5 atom stereocenters. The highest BCUT2D eigenvalue weighted by molar-refractivity contribution is 5.72. The summed E-state index contributed by atoms with van der Waals surface area (Å²) in [5, 5.41) is 37.6. The molecule has 0 amide bonds. The molecule has 1 heterocycles. The number of unbranched alkanes of at least 4 members (excludes halogenated alkanes) is 7. The molecule has 7 heteroatoms. The molecule has 0 aliphatic carbocycles. The maximum Gasteiger partial charge on any atom is 0.335 e. The molecule has 0 saturated carbocycles. The van der Waals surface area contributed by atoms with E-state index in [-0.39, 0.29) is 0 Å². The van der Waals surface area contributed by atoms with E-state index in [1.165, 1.54) is 32.1 Å². The van der Waals surface area contributed by atoms with Crippen LogP contribution in [0, 0.1) is 0 Å². The third-order valence-electron chi connectivity index (χ3n) is 4.10. The lowest BCUT2D eigenvalue weighted by Crippen LogP contribution is -2.42. The van der Waals surface area contributed by atoms with E-state index >= 15 is 0 Å². The van der Waals surface area contributed by atoms with Crippen molar-refractivity contribution in [1.29, 1.82) is 0 Å². The quantitative estimate of drug-likeness (QED) is 0.394. The van der Waals surface area contributed by atoms with E-state index in [9.17, 15) is 20.1 Å². The average Bonchev–Trinajstić information content (AvgIpc) is 2.80. The Morgan fingerprint density at radius 2 is 1.61 bits per heavy atom. The van der Waals surface area contributed by atoms with Crippen LogP contribution in [0.1, 0.15) is 58.3 Å². The number of hydrogen-bond donors (Lipinski definition) is 4. The van der Waals surface area contributed by atoms with Crippen LogP contribution in [0.4, 0.5) is 0 Å². The van der Waals surface area contributed by atoms with Gasteiger partial charge in [0, 0.05) is 6.61 Å².